The zero-order valence-electron chi connectivity index (χ0n) is 13.9. The molecular formula is C17H26N2O3. The van der Waals surface area contributed by atoms with Crippen molar-refractivity contribution in [1.82, 2.24) is 5.32 Å². The number of amides is 1. The summed E-state index contributed by atoms with van der Waals surface area (Å²) in [6.45, 7) is 7.57. The number of piperidine rings is 1. The standard InChI is InChI=1S/C17H26N2O3/c1-17(2,3)22-16(20)19-13-5-6-15(21-4)14(11-13)12-7-9-18-10-8-12/h5-6,11-12,18H,7-10H2,1-4H3,(H,19,20). The van der Waals surface area contributed by atoms with Crippen molar-refractivity contribution in [2.75, 3.05) is 25.5 Å². The van der Waals surface area contributed by atoms with Crippen molar-refractivity contribution < 1.29 is 14.3 Å². The summed E-state index contributed by atoms with van der Waals surface area (Å²) in [6.07, 6.45) is 1.72. The lowest BCUT2D eigenvalue weighted by atomic mass is 9.89. The van der Waals surface area contributed by atoms with E-state index in [1.54, 1.807) is 7.11 Å². The first-order valence-corrected chi connectivity index (χ1v) is 7.78. The van der Waals surface area contributed by atoms with Gasteiger partial charge in [-0.1, -0.05) is 0 Å². The minimum absolute atomic E-state index is 0.436. The summed E-state index contributed by atoms with van der Waals surface area (Å²) < 4.78 is 10.8. The van der Waals surface area contributed by atoms with E-state index in [1.807, 2.05) is 39.0 Å². The molecule has 0 radical (unpaired) electrons. The minimum Gasteiger partial charge on any atom is -0.496 e. The molecule has 0 aliphatic carbocycles. The van der Waals surface area contributed by atoms with Crippen LogP contribution in [0.4, 0.5) is 10.5 Å². The Morgan fingerprint density at radius 2 is 1.95 bits per heavy atom. The fourth-order valence-electron chi connectivity index (χ4n) is 2.69. The van der Waals surface area contributed by atoms with E-state index in [4.69, 9.17) is 9.47 Å². The molecule has 0 spiro atoms. The third-order valence-electron chi connectivity index (χ3n) is 3.65. The summed E-state index contributed by atoms with van der Waals surface area (Å²) in [5.74, 6) is 1.33. The molecule has 22 heavy (non-hydrogen) atoms. The zero-order chi connectivity index (χ0) is 16.2. The van der Waals surface area contributed by atoms with Crippen LogP contribution in [-0.2, 0) is 4.74 Å². The van der Waals surface area contributed by atoms with Crippen LogP contribution < -0.4 is 15.4 Å². The highest BCUT2D eigenvalue weighted by atomic mass is 16.6. The molecule has 0 aromatic heterocycles. The Hall–Kier alpha value is -1.75. The van der Waals surface area contributed by atoms with Gasteiger partial charge in [-0.15, -0.1) is 0 Å². The van der Waals surface area contributed by atoms with Crippen molar-refractivity contribution in [3.05, 3.63) is 23.8 Å². The van der Waals surface area contributed by atoms with Gasteiger partial charge in [0.25, 0.3) is 0 Å². The van der Waals surface area contributed by atoms with E-state index in [0.29, 0.717) is 5.92 Å². The topological polar surface area (TPSA) is 59.6 Å². The summed E-state index contributed by atoms with van der Waals surface area (Å²) in [5, 5.41) is 6.16. The fourth-order valence-corrected chi connectivity index (χ4v) is 2.69. The number of nitrogens with one attached hydrogen (secondary N) is 2. The number of hydrogen-bond donors (Lipinski definition) is 2. The summed E-state index contributed by atoms with van der Waals surface area (Å²) in [6, 6.07) is 5.75. The molecule has 0 unspecified atom stereocenters. The maximum absolute atomic E-state index is 11.9. The van der Waals surface area contributed by atoms with Gasteiger partial charge in [0.05, 0.1) is 7.11 Å². The largest absolute Gasteiger partial charge is 0.496 e. The third kappa shape index (κ3) is 4.63. The van der Waals surface area contributed by atoms with Crippen molar-refractivity contribution in [3.8, 4) is 5.75 Å². The van der Waals surface area contributed by atoms with Crippen molar-refractivity contribution >= 4 is 11.8 Å². The van der Waals surface area contributed by atoms with Crippen molar-refractivity contribution in [2.24, 2.45) is 0 Å². The van der Waals surface area contributed by atoms with Crippen LogP contribution in [0.2, 0.25) is 0 Å². The molecule has 0 saturated carbocycles. The molecule has 1 saturated heterocycles. The molecule has 0 bridgehead atoms. The van der Waals surface area contributed by atoms with Gasteiger partial charge in [-0.3, -0.25) is 5.32 Å². The van der Waals surface area contributed by atoms with E-state index in [9.17, 15) is 4.79 Å². The Balaban J connectivity index is 2.14. The van der Waals surface area contributed by atoms with Gasteiger partial charge in [0.2, 0.25) is 0 Å². The number of hydrogen-bond acceptors (Lipinski definition) is 4. The summed E-state index contributed by atoms with van der Waals surface area (Å²) in [4.78, 5) is 11.9. The van der Waals surface area contributed by atoms with Gasteiger partial charge < -0.3 is 14.8 Å². The summed E-state index contributed by atoms with van der Waals surface area (Å²) >= 11 is 0. The first-order chi connectivity index (χ1) is 10.4. The lowest BCUT2D eigenvalue weighted by molar-refractivity contribution is 0.0636. The van der Waals surface area contributed by atoms with Crippen molar-refractivity contribution in [1.29, 1.82) is 0 Å². The molecule has 1 fully saturated rings. The number of carbonyl (C=O) groups is 1. The molecule has 2 N–H and O–H groups in total. The Labute approximate surface area is 132 Å². The maximum atomic E-state index is 11.9. The van der Waals surface area contributed by atoms with E-state index in [2.05, 4.69) is 10.6 Å². The highest BCUT2D eigenvalue weighted by Crippen LogP contribution is 2.34. The highest BCUT2D eigenvalue weighted by molar-refractivity contribution is 5.85. The minimum atomic E-state index is -0.506. The van der Waals surface area contributed by atoms with Gasteiger partial charge in [-0.25, -0.2) is 4.79 Å². The smallest absolute Gasteiger partial charge is 0.412 e. The second-order valence-corrected chi connectivity index (χ2v) is 6.61. The number of methoxy groups -OCH3 is 1. The predicted molar refractivity (Wildman–Crippen MR) is 87.7 cm³/mol. The van der Waals surface area contributed by atoms with Crippen molar-refractivity contribution in [2.45, 2.75) is 45.1 Å². The monoisotopic (exact) mass is 306 g/mol. The van der Waals surface area contributed by atoms with Crippen LogP contribution in [0.1, 0.15) is 45.1 Å². The van der Waals surface area contributed by atoms with E-state index in [0.717, 1.165) is 42.9 Å². The van der Waals surface area contributed by atoms with Gasteiger partial charge in [0.15, 0.2) is 0 Å². The quantitative estimate of drug-likeness (QED) is 0.897. The number of ether oxygens (including phenoxy) is 2. The number of benzene rings is 1. The lowest BCUT2D eigenvalue weighted by Gasteiger charge is -2.25. The Bertz CT molecular complexity index is 517. The third-order valence-corrected chi connectivity index (χ3v) is 3.65. The molecule has 1 amide bonds. The average molecular weight is 306 g/mol. The van der Waals surface area contributed by atoms with Crippen molar-refractivity contribution in [3.63, 3.8) is 0 Å². The van der Waals surface area contributed by atoms with E-state index in [1.165, 1.54) is 0 Å². The van der Waals surface area contributed by atoms with Crippen LogP contribution in [0.25, 0.3) is 0 Å². The number of carbonyl (C=O) groups excluding carboxylic acids is 1. The predicted octanol–water partition coefficient (Wildman–Crippen LogP) is 3.51. The summed E-state index contributed by atoms with van der Waals surface area (Å²) in [7, 11) is 1.68. The molecule has 2 rings (SSSR count). The first-order valence-electron chi connectivity index (χ1n) is 7.78. The molecule has 1 aromatic rings. The molecule has 122 valence electrons. The zero-order valence-corrected chi connectivity index (χ0v) is 13.9. The Morgan fingerprint density at radius 1 is 1.27 bits per heavy atom. The molecule has 0 atom stereocenters. The van der Waals surface area contributed by atoms with Crippen LogP contribution in [0.3, 0.4) is 0 Å². The molecule has 5 nitrogen and oxygen atoms in total. The van der Waals surface area contributed by atoms with Gasteiger partial charge in [-0.05, 0) is 76.4 Å². The van der Waals surface area contributed by atoms with E-state index >= 15 is 0 Å². The number of rotatable bonds is 3. The molecule has 1 aliphatic heterocycles. The molecule has 1 aromatic carbocycles. The second-order valence-electron chi connectivity index (χ2n) is 6.61. The van der Waals surface area contributed by atoms with Crippen LogP contribution in [0, 0.1) is 0 Å². The summed E-state index contributed by atoms with van der Waals surface area (Å²) in [5.41, 5.74) is 1.38. The van der Waals surface area contributed by atoms with Crippen LogP contribution in [-0.4, -0.2) is 31.9 Å². The van der Waals surface area contributed by atoms with E-state index in [-0.39, 0.29) is 0 Å². The van der Waals surface area contributed by atoms with Crippen LogP contribution in [0.15, 0.2) is 18.2 Å². The van der Waals surface area contributed by atoms with Gasteiger partial charge >= 0.3 is 6.09 Å². The molecule has 5 heteroatoms. The second kappa shape index (κ2) is 7.01. The Morgan fingerprint density at radius 3 is 2.55 bits per heavy atom. The molecule has 1 aliphatic rings. The van der Waals surface area contributed by atoms with E-state index < -0.39 is 11.7 Å². The maximum Gasteiger partial charge on any atom is 0.412 e. The average Bonchev–Trinajstić information content (AvgIpc) is 2.46. The van der Waals surface area contributed by atoms with Crippen LogP contribution >= 0.6 is 0 Å². The highest BCUT2D eigenvalue weighted by Gasteiger charge is 2.21. The van der Waals surface area contributed by atoms with Gasteiger partial charge in [0, 0.05) is 5.69 Å². The Kier molecular flexibility index (Phi) is 5.29. The first kappa shape index (κ1) is 16.6. The molecule has 1 heterocycles. The van der Waals surface area contributed by atoms with Crippen LogP contribution in [0.5, 0.6) is 5.75 Å². The molecular weight excluding hydrogens is 280 g/mol. The SMILES string of the molecule is COc1ccc(NC(=O)OC(C)(C)C)cc1C1CCNCC1. The van der Waals surface area contributed by atoms with Gasteiger partial charge in [0.1, 0.15) is 11.4 Å². The fraction of sp³-hybridized carbons (Fsp3) is 0.588. The normalized spacial score (nSPS) is 16.2. The van der Waals surface area contributed by atoms with Gasteiger partial charge in [-0.2, -0.15) is 0 Å². The lowest BCUT2D eigenvalue weighted by Crippen LogP contribution is -2.28. The number of anilines is 1.